The van der Waals surface area contributed by atoms with Crippen LogP contribution in [0.3, 0.4) is 0 Å². The predicted octanol–water partition coefficient (Wildman–Crippen LogP) is 4.24. The number of hydrogen-bond acceptors (Lipinski definition) is 4. The van der Waals surface area contributed by atoms with Crippen LogP contribution in [0.4, 0.5) is 0 Å². The first-order chi connectivity index (χ1) is 14.7. The molecule has 0 radical (unpaired) electrons. The normalized spacial score (nSPS) is 17.3. The molecule has 2 atom stereocenters. The van der Waals surface area contributed by atoms with E-state index in [2.05, 4.69) is 10.3 Å². The van der Waals surface area contributed by atoms with E-state index < -0.39 is 6.04 Å². The third-order valence-corrected chi connectivity index (χ3v) is 6.35. The Balaban J connectivity index is 1.59. The molecule has 30 heavy (non-hydrogen) atoms. The second kappa shape index (κ2) is 9.67. The van der Waals surface area contributed by atoms with Gasteiger partial charge in [0.1, 0.15) is 6.04 Å². The molecule has 5 nitrogen and oxygen atoms in total. The van der Waals surface area contributed by atoms with Crippen LogP contribution >= 0.6 is 11.3 Å². The number of rotatable bonds is 6. The number of likely N-dealkylation sites (tertiary alicyclic amines) is 1. The predicted molar refractivity (Wildman–Crippen MR) is 118 cm³/mol. The Morgan fingerprint density at radius 2 is 1.97 bits per heavy atom. The molecule has 154 valence electrons. The zero-order valence-corrected chi connectivity index (χ0v) is 17.6. The van der Waals surface area contributed by atoms with Gasteiger partial charge in [0.05, 0.1) is 10.9 Å². The molecule has 3 heterocycles. The molecule has 1 aliphatic rings. The monoisotopic (exact) mass is 419 g/mol. The minimum absolute atomic E-state index is 0.00290. The maximum Gasteiger partial charge on any atom is 0.262 e. The van der Waals surface area contributed by atoms with E-state index in [1.165, 1.54) is 11.3 Å². The van der Waals surface area contributed by atoms with Crippen molar-refractivity contribution in [2.24, 2.45) is 0 Å². The van der Waals surface area contributed by atoms with Gasteiger partial charge in [0, 0.05) is 25.4 Å². The average Bonchev–Trinajstić information content (AvgIpc) is 3.35. The van der Waals surface area contributed by atoms with E-state index in [0.717, 1.165) is 30.4 Å². The molecule has 1 N–H and O–H groups in total. The second-order valence-electron chi connectivity index (χ2n) is 7.52. The molecule has 0 bridgehead atoms. The molecule has 2 amide bonds. The number of nitrogens with one attached hydrogen (secondary N) is 1. The molecule has 1 fully saturated rings. The summed E-state index contributed by atoms with van der Waals surface area (Å²) in [5, 5.41) is 4.87. The van der Waals surface area contributed by atoms with Gasteiger partial charge in [-0.15, -0.1) is 11.3 Å². The van der Waals surface area contributed by atoms with Crippen molar-refractivity contribution in [1.82, 2.24) is 15.2 Å². The number of amides is 2. The lowest BCUT2D eigenvalue weighted by Crippen LogP contribution is -2.51. The number of piperidine rings is 1. The summed E-state index contributed by atoms with van der Waals surface area (Å²) in [5.74, 6) is -0.230. The zero-order chi connectivity index (χ0) is 20.8. The molecule has 0 saturated carbocycles. The summed E-state index contributed by atoms with van der Waals surface area (Å²) in [5.41, 5.74) is 2.07. The van der Waals surface area contributed by atoms with Gasteiger partial charge in [-0.25, -0.2) is 0 Å². The van der Waals surface area contributed by atoms with E-state index in [1.54, 1.807) is 12.3 Å². The fraction of sp³-hybridized carbons (Fsp3) is 0.292. The van der Waals surface area contributed by atoms with Crippen molar-refractivity contribution in [3.8, 4) is 0 Å². The lowest BCUT2D eigenvalue weighted by Gasteiger charge is -2.38. The first kappa shape index (κ1) is 20.3. The summed E-state index contributed by atoms with van der Waals surface area (Å²) in [6.45, 7) is 0.693. The molecular weight excluding hydrogens is 394 g/mol. The first-order valence-corrected chi connectivity index (χ1v) is 11.2. The first-order valence-electron chi connectivity index (χ1n) is 10.3. The van der Waals surface area contributed by atoms with Crippen molar-refractivity contribution < 1.29 is 9.59 Å². The van der Waals surface area contributed by atoms with Crippen molar-refractivity contribution >= 4 is 23.2 Å². The van der Waals surface area contributed by atoms with Crippen molar-refractivity contribution in [3.05, 3.63) is 88.4 Å². The lowest BCUT2D eigenvalue weighted by molar-refractivity contribution is -0.137. The molecule has 3 aromatic rings. The number of benzene rings is 1. The molecule has 6 heteroatoms. The van der Waals surface area contributed by atoms with Crippen LogP contribution in [0.15, 0.2) is 72.4 Å². The van der Waals surface area contributed by atoms with Crippen LogP contribution in [0.2, 0.25) is 0 Å². The molecule has 0 unspecified atom stereocenters. The minimum Gasteiger partial charge on any atom is -0.339 e. The van der Waals surface area contributed by atoms with Gasteiger partial charge in [-0.1, -0.05) is 42.5 Å². The average molecular weight is 420 g/mol. The largest absolute Gasteiger partial charge is 0.339 e. The van der Waals surface area contributed by atoms with Gasteiger partial charge < -0.3 is 10.2 Å². The van der Waals surface area contributed by atoms with Crippen molar-refractivity contribution in [2.75, 3.05) is 6.54 Å². The summed E-state index contributed by atoms with van der Waals surface area (Å²) in [6.07, 6.45) is 7.01. The van der Waals surface area contributed by atoms with Gasteiger partial charge in [0.2, 0.25) is 5.91 Å². The Labute approximate surface area is 180 Å². The number of pyridine rings is 1. The number of nitrogens with zero attached hydrogens (tertiary/aromatic N) is 2. The van der Waals surface area contributed by atoms with E-state index in [1.807, 2.05) is 65.0 Å². The molecule has 4 rings (SSSR count). The quantitative estimate of drug-likeness (QED) is 0.650. The summed E-state index contributed by atoms with van der Waals surface area (Å²) in [4.78, 5) is 33.2. The molecular formula is C24H25N3O2S. The highest BCUT2D eigenvalue weighted by Gasteiger charge is 2.33. The fourth-order valence-corrected chi connectivity index (χ4v) is 4.63. The Hall–Kier alpha value is -2.99. The molecule has 0 spiro atoms. The van der Waals surface area contributed by atoms with Crippen molar-refractivity contribution in [3.63, 3.8) is 0 Å². The van der Waals surface area contributed by atoms with E-state index in [-0.39, 0.29) is 17.9 Å². The van der Waals surface area contributed by atoms with Gasteiger partial charge >= 0.3 is 0 Å². The number of carbonyl (C=O) groups is 2. The third-order valence-electron chi connectivity index (χ3n) is 5.49. The van der Waals surface area contributed by atoms with Gasteiger partial charge in [-0.05, 0) is 47.9 Å². The van der Waals surface area contributed by atoms with Crippen LogP contribution in [0.25, 0.3) is 0 Å². The topological polar surface area (TPSA) is 62.3 Å². The highest BCUT2D eigenvalue weighted by atomic mass is 32.1. The Kier molecular flexibility index (Phi) is 6.54. The molecule has 0 aliphatic carbocycles. The molecule has 1 aromatic carbocycles. The maximum atomic E-state index is 13.7. The minimum atomic E-state index is -0.612. The van der Waals surface area contributed by atoms with Crippen LogP contribution < -0.4 is 5.32 Å². The van der Waals surface area contributed by atoms with E-state index in [0.29, 0.717) is 17.8 Å². The van der Waals surface area contributed by atoms with Gasteiger partial charge in [0.25, 0.3) is 5.91 Å². The van der Waals surface area contributed by atoms with Crippen molar-refractivity contribution in [2.45, 2.75) is 37.8 Å². The highest BCUT2D eigenvalue weighted by molar-refractivity contribution is 7.12. The second-order valence-corrected chi connectivity index (χ2v) is 8.47. The third kappa shape index (κ3) is 4.76. The number of thiophene rings is 1. The van der Waals surface area contributed by atoms with Crippen LogP contribution in [0, 0.1) is 0 Å². The summed E-state index contributed by atoms with van der Waals surface area (Å²) < 4.78 is 0. The highest BCUT2D eigenvalue weighted by Crippen LogP contribution is 2.31. The molecule has 1 aliphatic heterocycles. The summed E-state index contributed by atoms with van der Waals surface area (Å²) in [6, 6.07) is 16.8. The van der Waals surface area contributed by atoms with Crippen LogP contribution in [0.5, 0.6) is 0 Å². The summed E-state index contributed by atoms with van der Waals surface area (Å²) >= 11 is 1.38. The molecule has 1 saturated heterocycles. The SMILES string of the molecule is O=C(N[C@@H](Cc1ccccc1)C(=O)N1CCCC[C@@H]1c1cccnc1)c1cccs1. The van der Waals surface area contributed by atoms with Gasteiger partial charge in [0.15, 0.2) is 0 Å². The number of carbonyl (C=O) groups excluding carboxylic acids is 2. The lowest BCUT2D eigenvalue weighted by atomic mass is 9.94. The smallest absolute Gasteiger partial charge is 0.262 e. The standard InChI is InChI=1S/C24H25N3O2S/c28-23(22-12-7-15-30-22)26-20(16-18-8-2-1-3-9-18)24(29)27-14-5-4-11-21(27)19-10-6-13-25-17-19/h1-3,6-10,12-13,15,17,20-21H,4-5,11,14,16H2,(H,26,28)/t20-,21+/m0/s1. The number of aromatic nitrogens is 1. The van der Waals surface area contributed by atoms with Crippen LogP contribution in [-0.4, -0.2) is 34.3 Å². The van der Waals surface area contributed by atoms with E-state index in [4.69, 9.17) is 0 Å². The Morgan fingerprint density at radius 1 is 1.10 bits per heavy atom. The zero-order valence-electron chi connectivity index (χ0n) is 16.7. The van der Waals surface area contributed by atoms with Gasteiger partial charge in [-0.3, -0.25) is 14.6 Å². The van der Waals surface area contributed by atoms with E-state index >= 15 is 0 Å². The van der Waals surface area contributed by atoms with Crippen molar-refractivity contribution in [1.29, 1.82) is 0 Å². The van der Waals surface area contributed by atoms with Crippen LogP contribution in [-0.2, 0) is 11.2 Å². The number of hydrogen-bond donors (Lipinski definition) is 1. The van der Waals surface area contributed by atoms with Gasteiger partial charge in [-0.2, -0.15) is 0 Å². The van der Waals surface area contributed by atoms with Crippen LogP contribution in [0.1, 0.15) is 46.1 Å². The molecule has 2 aromatic heterocycles. The summed E-state index contributed by atoms with van der Waals surface area (Å²) in [7, 11) is 0. The fourth-order valence-electron chi connectivity index (χ4n) is 4.00. The Bertz CT molecular complexity index is 961. The Morgan fingerprint density at radius 3 is 2.70 bits per heavy atom. The van der Waals surface area contributed by atoms with E-state index in [9.17, 15) is 9.59 Å². The maximum absolute atomic E-state index is 13.7.